The molecule has 33 heavy (non-hydrogen) atoms. The summed E-state index contributed by atoms with van der Waals surface area (Å²) in [5, 5.41) is 15.8. The molecule has 5 rings (SSSR count). The summed E-state index contributed by atoms with van der Waals surface area (Å²) in [6.45, 7) is 0. The van der Waals surface area contributed by atoms with Gasteiger partial charge in [-0.15, -0.1) is 0 Å². The summed E-state index contributed by atoms with van der Waals surface area (Å²) in [5.41, 5.74) is 1.82. The molecule has 1 aromatic heterocycles. The Balaban J connectivity index is 1.65. The fourth-order valence-electron chi connectivity index (χ4n) is 4.26. The van der Waals surface area contributed by atoms with E-state index >= 15 is 0 Å². The quantitative estimate of drug-likeness (QED) is 0.308. The monoisotopic (exact) mass is 459 g/mol. The molecule has 0 N–H and O–H groups in total. The highest BCUT2D eigenvalue weighted by Gasteiger charge is 2.40. The molecule has 1 amide bonds. The summed E-state index contributed by atoms with van der Waals surface area (Å²) in [5.74, 6) is -0.0315. The minimum Gasteiger partial charge on any atom is -0.269 e. The van der Waals surface area contributed by atoms with Crippen LogP contribution in [0.4, 0.5) is 11.6 Å². The highest BCUT2D eigenvalue weighted by Crippen LogP contribution is 2.42. The van der Waals surface area contributed by atoms with Crippen molar-refractivity contribution in [1.29, 1.82) is 0 Å². The average Bonchev–Trinajstić information content (AvgIpc) is 3.33. The fourth-order valence-corrected chi connectivity index (χ4v) is 4.45. The lowest BCUT2D eigenvalue weighted by molar-refractivity contribution is -0.384. The second-order valence-corrected chi connectivity index (χ2v) is 8.10. The molecule has 164 valence electrons. The van der Waals surface area contributed by atoms with E-state index in [-0.39, 0.29) is 28.4 Å². The van der Waals surface area contributed by atoms with E-state index in [9.17, 15) is 14.9 Å². The fraction of sp³-hybridized carbons (Fsp3) is 0.125. The van der Waals surface area contributed by atoms with Gasteiger partial charge in [-0.3, -0.25) is 19.8 Å². The number of halogens is 1. The van der Waals surface area contributed by atoms with Gasteiger partial charge in [-0.2, -0.15) is 10.1 Å². The molecular weight excluding hydrogens is 442 g/mol. The second kappa shape index (κ2) is 8.48. The minimum absolute atomic E-state index is 0.0258. The summed E-state index contributed by atoms with van der Waals surface area (Å²) in [4.78, 5) is 30.5. The first-order valence-corrected chi connectivity index (χ1v) is 10.7. The van der Waals surface area contributed by atoms with Crippen LogP contribution in [0.5, 0.6) is 0 Å². The molecular formula is C24H18ClN5O3. The molecule has 4 aromatic rings. The lowest BCUT2D eigenvalue weighted by Crippen LogP contribution is -2.42. The van der Waals surface area contributed by atoms with Crippen LogP contribution in [-0.2, 0) is 0 Å². The zero-order chi connectivity index (χ0) is 22.9. The molecule has 0 radical (unpaired) electrons. The van der Waals surface area contributed by atoms with Crippen molar-refractivity contribution in [2.75, 3.05) is 4.90 Å². The van der Waals surface area contributed by atoms with Crippen molar-refractivity contribution in [3.8, 4) is 0 Å². The summed E-state index contributed by atoms with van der Waals surface area (Å²) in [6, 6.07) is 23.2. The summed E-state index contributed by atoms with van der Waals surface area (Å²) >= 11 is 5.96. The second-order valence-electron chi connectivity index (χ2n) is 7.69. The van der Waals surface area contributed by atoms with Crippen molar-refractivity contribution in [3.63, 3.8) is 0 Å². The van der Waals surface area contributed by atoms with Crippen LogP contribution < -0.4 is 4.90 Å². The summed E-state index contributed by atoms with van der Waals surface area (Å²) in [7, 11) is 0. The van der Waals surface area contributed by atoms with Gasteiger partial charge in [0.15, 0.2) is 0 Å². The molecule has 0 spiro atoms. The van der Waals surface area contributed by atoms with Gasteiger partial charge in [-0.1, -0.05) is 72.3 Å². The van der Waals surface area contributed by atoms with Gasteiger partial charge in [-0.25, -0.2) is 4.68 Å². The first-order chi connectivity index (χ1) is 16.0. The van der Waals surface area contributed by atoms with Crippen molar-refractivity contribution in [1.82, 2.24) is 14.8 Å². The van der Waals surface area contributed by atoms with Gasteiger partial charge in [0, 0.05) is 11.6 Å². The van der Waals surface area contributed by atoms with Crippen LogP contribution >= 0.6 is 11.6 Å². The van der Waals surface area contributed by atoms with Gasteiger partial charge >= 0.3 is 0 Å². The topological polar surface area (TPSA) is 94.2 Å². The molecule has 0 fully saturated rings. The summed E-state index contributed by atoms with van der Waals surface area (Å²) < 4.78 is 1.73. The van der Waals surface area contributed by atoms with Crippen molar-refractivity contribution in [2.24, 2.45) is 0 Å². The van der Waals surface area contributed by atoms with E-state index in [2.05, 4.69) is 10.1 Å². The van der Waals surface area contributed by atoms with Crippen molar-refractivity contribution in [3.05, 3.63) is 117 Å². The normalized spacial score (nSPS) is 17.4. The van der Waals surface area contributed by atoms with Gasteiger partial charge in [0.25, 0.3) is 11.6 Å². The molecule has 2 atom stereocenters. The maximum Gasteiger partial charge on any atom is 0.288 e. The Morgan fingerprint density at radius 3 is 2.24 bits per heavy atom. The number of amides is 1. The van der Waals surface area contributed by atoms with Crippen LogP contribution in [0.25, 0.3) is 0 Å². The van der Waals surface area contributed by atoms with E-state index in [4.69, 9.17) is 11.6 Å². The number of nitro groups is 1. The summed E-state index contributed by atoms with van der Waals surface area (Å²) in [6.07, 6.45) is 1.98. The van der Waals surface area contributed by atoms with Gasteiger partial charge in [-0.05, 0) is 29.7 Å². The highest BCUT2D eigenvalue weighted by molar-refractivity contribution is 6.32. The van der Waals surface area contributed by atoms with Gasteiger partial charge in [0.2, 0.25) is 5.95 Å². The number of rotatable bonds is 4. The first-order valence-electron chi connectivity index (χ1n) is 10.3. The van der Waals surface area contributed by atoms with Gasteiger partial charge < -0.3 is 0 Å². The van der Waals surface area contributed by atoms with E-state index in [0.717, 1.165) is 11.1 Å². The van der Waals surface area contributed by atoms with Crippen LogP contribution in [0.2, 0.25) is 5.02 Å². The van der Waals surface area contributed by atoms with Crippen LogP contribution in [0.1, 0.15) is 40.0 Å². The molecule has 1 aliphatic rings. The molecule has 8 nitrogen and oxygen atoms in total. The number of carbonyl (C=O) groups excluding carboxylic acids is 1. The smallest absolute Gasteiger partial charge is 0.269 e. The Labute approximate surface area is 194 Å². The minimum atomic E-state index is -0.599. The Hall–Kier alpha value is -4.04. The third kappa shape index (κ3) is 3.74. The third-order valence-corrected chi connectivity index (χ3v) is 6.12. The van der Waals surface area contributed by atoms with Crippen LogP contribution in [0, 0.1) is 10.1 Å². The molecule has 2 unspecified atom stereocenters. The zero-order valence-electron chi connectivity index (χ0n) is 17.3. The van der Waals surface area contributed by atoms with Crippen molar-refractivity contribution < 1.29 is 9.72 Å². The Kier molecular flexibility index (Phi) is 5.35. The number of benzene rings is 3. The predicted molar refractivity (Wildman–Crippen MR) is 123 cm³/mol. The maximum atomic E-state index is 13.8. The predicted octanol–water partition coefficient (Wildman–Crippen LogP) is 5.22. The first kappa shape index (κ1) is 20.8. The van der Waals surface area contributed by atoms with Crippen LogP contribution in [0.15, 0.2) is 85.2 Å². The van der Waals surface area contributed by atoms with Crippen molar-refractivity contribution in [2.45, 2.75) is 18.5 Å². The van der Waals surface area contributed by atoms with Crippen molar-refractivity contribution >= 4 is 29.1 Å². The lowest BCUT2D eigenvalue weighted by atomic mass is 9.91. The standard InChI is InChI=1S/C24H18ClN5O3/c25-19-12-11-18(13-22(19)30(32)33)23(31)28-20(16-7-3-1-4-8-16)14-21(17-9-5-2-6-10-17)29-24(28)26-15-27-29/h1-13,15,20-21H,14H2. The number of hydrogen-bond donors (Lipinski definition) is 0. The molecule has 2 heterocycles. The van der Waals surface area contributed by atoms with E-state index in [1.807, 2.05) is 60.7 Å². The average molecular weight is 460 g/mol. The number of anilines is 1. The number of hydrogen-bond acceptors (Lipinski definition) is 5. The van der Waals surface area contributed by atoms with Crippen LogP contribution in [0.3, 0.4) is 0 Å². The number of carbonyl (C=O) groups is 1. The maximum absolute atomic E-state index is 13.8. The highest BCUT2D eigenvalue weighted by atomic mass is 35.5. The number of fused-ring (bicyclic) bond motifs is 1. The molecule has 0 saturated heterocycles. The van der Waals surface area contributed by atoms with Crippen LogP contribution in [-0.4, -0.2) is 25.6 Å². The largest absolute Gasteiger partial charge is 0.288 e. The molecule has 0 bridgehead atoms. The SMILES string of the molecule is O=C(c1ccc(Cl)c([N+](=O)[O-])c1)N1c2ncnn2C(c2ccccc2)CC1c1ccccc1. The molecule has 9 heteroatoms. The lowest BCUT2D eigenvalue weighted by Gasteiger charge is -2.39. The molecule has 0 aliphatic carbocycles. The van der Waals surface area contributed by atoms with E-state index in [0.29, 0.717) is 12.4 Å². The van der Waals surface area contributed by atoms with Gasteiger partial charge in [0.05, 0.1) is 17.0 Å². The molecule has 3 aromatic carbocycles. The van der Waals surface area contributed by atoms with E-state index in [1.165, 1.54) is 24.5 Å². The number of nitrogens with zero attached hydrogens (tertiary/aromatic N) is 5. The Bertz CT molecular complexity index is 1330. The molecule has 0 saturated carbocycles. The van der Waals surface area contributed by atoms with E-state index in [1.54, 1.807) is 9.58 Å². The van der Waals surface area contributed by atoms with Gasteiger partial charge in [0.1, 0.15) is 11.3 Å². The Morgan fingerprint density at radius 1 is 0.970 bits per heavy atom. The molecule has 1 aliphatic heterocycles. The number of aromatic nitrogens is 3. The Morgan fingerprint density at radius 2 is 1.61 bits per heavy atom. The number of nitro benzene ring substituents is 1. The third-order valence-electron chi connectivity index (χ3n) is 5.80. The zero-order valence-corrected chi connectivity index (χ0v) is 18.0. The van der Waals surface area contributed by atoms with E-state index < -0.39 is 10.8 Å².